The van der Waals surface area contributed by atoms with Gasteiger partial charge >= 0.3 is 6.03 Å². The molecule has 17 heavy (non-hydrogen) atoms. The number of ether oxygens (including phenoxy) is 1. The molecule has 0 saturated carbocycles. The summed E-state index contributed by atoms with van der Waals surface area (Å²) in [5.74, 6) is -0.245. The Morgan fingerprint density at radius 2 is 2.12 bits per heavy atom. The second kappa shape index (κ2) is 4.91. The first-order valence-electron chi connectivity index (χ1n) is 5.55. The van der Waals surface area contributed by atoms with Crippen LogP contribution in [0.25, 0.3) is 0 Å². The van der Waals surface area contributed by atoms with E-state index in [0.29, 0.717) is 31.4 Å². The van der Waals surface area contributed by atoms with Crippen LogP contribution < -0.4 is 5.32 Å². The quantitative estimate of drug-likeness (QED) is 0.561. The van der Waals surface area contributed by atoms with Gasteiger partial charge in [0, 0.05) is 31.4 Å². The van der Waals surface area contributed by atoms with E-state index in [4.69, 9.17) is 4.74 Å². The Morgan fingerprint density at radius 3 is 2.71 bits per heavy atom. The number of imide groups is 1. The number of halogens is 1. The summed E-state index contributed by atoms with van der Waals surface area (Å²) in [5.41, 5.74) is -0.804. The van der Waals surface area contributed by atoms with Crippen molar-refractivity contribution in [3.05, 3.63) is 0 Å². The van der Waals surface area contributed by atoms with Gasteiger partial charge in [0.25, 0.3) is 5.91 Å². The molecule has 0 aromatic rings. The zero-order chi connectivity index (χ0) is 12.5. The number of rotatable bonds is 3. The molecule has 2 saturated heterocycles. The number of nitrogens with one attached hydrogen (secondary N) is 1. The molecule has 2 aliphatic heterocycles. The summed E-state index contributed by atoms with van der Waals surface area (Å²) in [4.78, 5) is 25.0. The highest BCUT2D eigenvalue weighted by Crippen LogP contribution is 2.28. The highest BCUT2D eigenvalue weighted by molar-refractivity contribution is 9.09. The fourth-order valence-corrected chi connectivity index (χ4v) is 2.37. The van der Waals surface area contributed by atoms with Gasteiger partial charge in [0.2, 0.25) is 0 Å². The Bertz CT molecular complexity index is 330. The summed E-state index contributed by atoms with van der Waals surface area (Å²) in [6.45, 7) is 0.972. The highest BCUT2D eigenvalue weighted by Gasteiger charge is 2.51. The Kier molecular flexibility index (Phi) is 3.70. The summed E-state index contributed by atoms with van der Waals surface area (Å²) in [7, 11) is 0. The van der Waals surface area contributed by atoms with Crippen LogP contribution in [0.4, 0.5) is 4.79 Å². The van der Waals surface area contributed by atoms with Gasteiger partial charge in [-0.05, 0) is 0 Å². The largest absolute Gasteiger partial charge is 0.390 e. The number of alkyl halides is 1. The zero-order valence-corrected chi connectivity index (χ0v) is 10.9. The van der Waals surface area contributed by atoms with Gasteiger partial charge in [-0.2, -0.15) is 0 Å². The number of amides is 3. The van der Waals surface area contributed by atoms with Crippen LogP contribution in [0.15, 0.2) is 0 Å². The van der Waals surface area contributed by atoms with Gasteiger partial charge in [0.1, 0.15) is 5.54 Å². The maximum absolute atomic E-state index is 12.2. The van der Waals surface area contributed by atoms with Crippen molar-refractivity contribution in [3.8, 4) is 0 Å². The normalized spacial score (nSPS) is 25.2. The van der Waals surface area contributed by atoms with E-state index in [9.17, 15) is 14.7 Å². The number of β-amino-alcohol motifs (C(OH)–C–C–N with tert-alkyl or cyclic N) is 1. The highest BCUT2D eigenvalue weighted by atomic mass is 79.9. The van der Waals surface area contributed by atoms with E-state index in [-0.39, 0.29) is 12.5 Å². The lowest BCUT2D eigenvalue weighted by Gasteiger charge is -2.30. The molecule has 2 aliphatic rings. The van der Waals surface area contributed by atoms with E-state index in [1.165, 1.54) is 0 Å². The van der Waals surface area contributed by atoms with Crippen LogP contribution in [0.1, 0.15) is 12.8 Å². The number of aliphatic hydroxyl groups is 1. The van der Waals surface area contributed by atoms with Crippen LogP contribution in [0.2, 0.25) is 0 Å². The molecule has 2 N–H and O–H groups in total. The molecule has 0 radical (unpaired) electrons. The first-order valence-corrected chi connectivity index (χ1v) is 6.67. The average molecular weight is 307 g/mol. The van der Waals surface area contributed by atoms with Crippen LogP contribution in [-0.4, -0.2) is 58.7 Å². The Morgan fingerprint density at radius 1 is 1.47 bits per heavy atom. The van der Waals surface area contributed by atoms with Crippen molar-refractivity contribution in [2.75, 3.05) is 25.1 Å². The third-order valence-corrected chi connectivity index (χ3v) is 3.91. The summed E-state index contributed by atoms with van der Waals surface area (Å²) in [6.07, 6.45) is 0.261. The summed E-state index contributed by atoms with van der Waals surface area (Å²) in [6, 6.07) is -0.420. The van der Waals surface area contributed by atoms with Gasteiger partial charge in [0.05, 0.1) is 12.6 Å². The molecule has 3 amide bonds. The number of urea groups is 1. The van der Waals surface area contributed by atoms with Gasteiger partial charge in [0.15, 0.2) is 0 Å². The summed E-state index contributed by atoms with van der Waals surface area (Å²) in [5, 5.41) is 12.6. The standard InChI is InChI=1S/C10H15BrN2O4/c11-5-7(14)6-13-8(15)10(12-9(13)16)1-3-17-4-2-10/h7,14H,1-6H2,(H,12,16). The second-order valence-corrected chi connectivity index (χ2v) is 5.00. The van der Waals surface area contributed by atoms with E-state index < -0.39 is 17.7 Å². The molecule has 96 valence electrons. The number of hydrogen-bond donors (Lipinski definition) is 2. The molecule has 6 nitrogen and oxygen atoms in total. The van der Waals surface area contributed by atoms with Crippen LogP contribution >= 0.6 is 15.9 Å². The SMILES string of the molecule is O=C1NC2(CCOCC2)C(=O)N1CC(O)CBr. The second-order valence-electron chi connectivity index (χ2n) is 4.35. The fourth-order valence-electron chi connectivity index (χ4n) is 2.16. The number of carbonyl (C=O) groups excluding carboxylic acids is 2. The number of nitrogens with zero attached hydrogens (tertiary/aromatic N) is 1. The third kappa shape index (κ3) is 2.31. The molecule has 2 heterocycles. The van der Waals surface area contributed by atoms with E-state index in [1.807, 2.05) is 0 Å². The maximum Gasteiger partial charge on any atom is 0.325 e. The molecule has 0 aromatic heterocycles. The third-order valence-electron chi connectivity index (χ3n) is 3.16. The Labute approximate surface area is 107 Å². The molecule has 1 spiro atoms. The minimum absolute atomic E-state index is 0.0263. The fraction of sp³-hybridized carbons (Fsp3) is 0.800. The van der Waals surface area contributed by atoms with Crippen molar-refractivity contribution >= 4 is 27.9 Å². The first-order chi connectivity index (χ1) is 8.09. The summed E-state index contributed by atoms with van der Waals surface area (Å²) >= 11 is 3.11. The van der Waals surface area contributed by atoms with Crippen LogP contribution in [0.3, 0.4) is 0 Å². The van der Waals surface area contributed by atoms with E-state index in [2.05, 4.69) is 21.2 Å². The molecular formula is C10H15BrN2O4. The Hall–Kier alpha value is -0.660. The van der Waals surface area contributed by atoms with Crippen molar-refractivity contribution in [2.24, 2.45) is 0 Å². The molecule has 7 heteroatoms. The average Bonchev–Trinajstić information content (AvgIpc) is 2.55. The molecule has 0 aliphatic carbocycles. The van der Waals surface area contributed by atoms with Crippen LogP contribution in [-0.2, 0) is 9.53 Å². The minimum atomic E-state index is -0.804. The van der Waals surface area contributed by atoms with E-state index >= 15 is 0 Å². The molecule has 0 bridgehead atoms. The van der Waals surface area contributed by atoms with Gasteiger partial charge in [-0.3, -0.25) is 9.69 Å². The first kappa shape index (κ1) is 12.8. The van der Waals surface area contributed by atoms with Gasteiger partial charge < -0.3 is 15.2 Å². The Balaban J connectivity index is 2.10. The van der Waals surface area contributed by atoms with Gasteiger partial charge in [-0.25, -0.2) is 4.79 Å². The van der Waals surface area contributed by atoms with Crippen LogP contribution in [0, 0.1) is 0 Å². The van der Waals surface area contributed by atoms with Crippen molar-refractivity contribution in [2.45, 2.75) is 24.5 Å². The number of carbonyl (C=O) groups is 2. The topological polar surface area (TPSA) is 78.9 Å². The van der Waals surface area contributed by atoms with Gasteiger partial charge in [-0.15, -0.1) is 0 Å². The van der Waals surface area contributed by atoms with Gasteiger partial charge in [-0.1, -0.05) is 15.9 Å². The molecular weight excluding hydrogens is 292 g/mol. The molecule has 1 unspecified atom stereocenters. The van der Waals surface area contributed by atoms with E-state index in [0.717, 1.165) is 4.90 Å². The van der Waals surface area contributed by atoms with Crippen molar-refractivity contribution in [1.82, 2.24) is 10.2 Å². The lowest BCUT2D eigenvalue weighted by atomic mass is 9.90. The zero-order valence-electron chi connectivity index (χ0n) is 9.32. The molecule has 0 aromatic carbocycles. The minimum Gasteiger partial charge on any atom is -0.390 e. The predicted octanol–water partition coefficient (Wildman–Crippen LogP) is -0.157. The predicted molar refractivity (Wildman–Crippen MR) is 62.8 cm³/mol. The molecule has 2 fully saturated rings. The van der Waals surface area contributed by atoms with E-state index in [1.54, 1.807) is 0 Å². The number of hydrogen-bond acceptors (Lipinski definition) is 4. The lowest BCUT2D eigenvalue weighted by Crippen LogP contribution is -2.51. The van der Waals surface area contributed by atoms with Crippen LogP contribution in [0.5, 0.6) is 0 Å². The van der Waals surface area contributed by atoms with Crippen molar-refractivity contribution in [3.63, 3.8) is 0 Å². The maximum atomic E-state index is 12.2. The summed E-state index contributed by atoms with van der Waals surface area (Å²) < 4.78 is 5.20. The smallest absolute Gasteiger partial charge is 0.325 e. The van der Waals surface area contributed by atoms with Crippen molar-refractivity contribution in [1.29, 1.82) is 0 Å². The lowest BCUT2D eigenvalue weighted by molar-refractivity contribution is -0.135. The molecule has 1 atom stereocenters. The van der Waals surface area contributed by atoms with Crippen molar-refractivity contribution < 1.29 is 19.4 Å². The monoisotopic (exact) mass is 306 g/mol. The molecule has 2 rings (SSSR count). The number of aliphatic hydroxyl groups excluding tert-OH is 1.